The Hall–Kier alpha value is -2.44. The van der Waals surface area contributed by atoms with E-state index in [9.17, 15) is 14.9 Å². The van der Waals surface area contributed by atoms with Crippen molar-refractivity contribution >= 4 is 17.9 Å². The molecule has 0 fully saturated rings. The van der Waals surface area contributed by atoms with Crippen LogP contribution < -0.4 is 5.73 Å². The number of carbonyl (C=O) groups excluding carboxylic acids is 1. The van der Waals surface area contributed by atoms with E-state index in [1.54, 1.807) is 6.08 Å². The first-order valence-corrected chi connectivity index (χ1v) is 4.28. The van der Waals surface area contributed by atoms with E-state index in [0.717, 1.165) is 6.20 Å². The molecule has 0 aliphatic carbocycles. The lowest BCUT2D eigenvalue weighted by molar-refractivity contribution is -0.385. The normalized spacial score (nSPS) is 10.2. The first-order valence-electron chi connectivity index (χ1n) is 4.28. The van der Waals surface area contributed by atoms with Crippen molar-refractivity contribution < 1.29 is 14.5 Å². The smallest absolute Gasteiger partial charge is 0.404 e. The quantitative estimate of drug-likeness (QED) is 0.607. The summed E-state index contributed by atoms with van der Waals surface area (Å²) in [5.41, 5.74) is 5.18. The fourth-order valence-electron chi connectivity index (χ4n) is 0.950. The number of nitro groups is 1. The number of aromatic nitrogens is 1. The molecule has 1 aromatic heterocycles. The van der Waals surface area contributed by atoms with E-state index in [1.807, 2.05) is 0 Å². The molecular formula is C9H9N3O4. The van der Waals surface area contributed by atoms with Crippen LogP contribution in [-0.2, 0) is 4.74 Å². The highest BCUT2D eigenvalue weighted by atomic mass is 16.6. The molecule has 0 radical (unpaired) electrons. The minimum atomic E-state index is -0.873. The van der Waals surface area contributed by atoms with Gasteiger partial charge in [-0.15, -0.1) is 0 Å². The summed E-state index contributed by atoms with van der Waals surface area (Å²) in [4.78, 5) is 23.8. The highest BCUT2D eigenvalue weighted by molar-refractivity contribution is 5.64. The van der Waals surface area contributed by atoms with Crippen LogP contribution in [0.25, 0.3) is 6.08 Å². The maximum absolute atomic E-state index is 10.4. The fourth-order valence-corrected chi connectivity index (χ4v) is 0.950. The summed E-state index contributed by atoms with van der Waals surface area (Å²) in [5, 5.41) is 10.4. The largest absolute Gasteiger partial charge is 0.445 e. The van der Waals surface area contributed by atoms with Crippen LogP contribution in [0.3, 0.4) is 0 Å². The molecule has 0 saturated heterocycles. The molecule has 0 bridgehead atoms. The van der Waals surface area contributed by atoms with Crippen LogP contribution >= 0.6 is 0 Å². The summed E-state index contributed by atoms with van der Waals surface area (Å²) < 4.78 is 4.44. The molecule has 2 N–H and O–H groups in total. The zero-order chi connectivity index (χ0) is 12.0. The summed E-state index contributed by atoms with van der Waals surface area (Å²) >= 11 is 0. The lowest BCUT2D eigenvalue weighted by atomic mass is 10.2. The summed E-state index contributed by atoms with van der Waals surface area (Å²) in [5.74, 6) is 0. The van der Waals surface area contributed by atoms with Crippen molar-refractivity contribution in [1.29, 1.82) is 0 Å². The van der Waals surface area contributed by atoms with E-state index < -0.39 is 11.0 Å². The highest BCUT2D eigenvalue weighted by Crippen LogP contribution is 2.11. The third kappa shape index (κ3) is 3.74. The van der Waals surface area contributed by atoms with Gasteiger partial charge in [0.25, 0.3) is 5.69 Å². The van der Waals surface area contributed by atoms with Crippen LogP contribution in [0.4, 0.5) is 10.5 Å². The number of amides is 1. The predicted molar refractivity (Wildman–Crippen MR) is 55.5 cm³/mol. The van der Waals surface area contributed by atoms with Crippen molar-refractivity contribution in [3.8, 4) is 0 Å². The number of rotatable bonds is 4. The molecule has 7 nitrogen and oxygen atoms in total. The summed E-state index contributed by atoms with van der Waals surface area (Å²) in [6, 6.07) is 1.35. The molecule has 0 aliphatic rings. The minimum absolute atomic E-state index is 0.0119. The Morgan fingerprint density at radius 1 is 1.62 bits per heavy atom. The Bertz CT molecular complexity index is 431. The van der Waals surface area contributed by atoms with Crippen molar-refractivity contribution in [2.75, 3.05) is 6.61 Å². The Labute approximate surface area is 90.7 Å². The number of nitrogens with two attached hydrogens (primary N) is 1. The van der Waals surface area contributed by atoms with Crippen LogP contribution in [0.2, 0.25) is 0 Å². The fraction of sp³-hybridized carbons (Fsp3) is 0.111. The molecule has 0 spiro atoms. The molecule has 1 heterocycles. The number of pyridine rings is 1. The molecule has 0 unspecified atom stereocenters. The number of hydrogen-bond donors (Lipinski definition) is 1. The van der Waals surface area contributed by atoms with Crippen molar-refractivity contribution in [2.45, 2.75) is 0 Å². The average Bonchev–Trinajstić information content (AvgIpc) is 2.24. The van der Waals surface area contributed by atoms with Crippen LogP contribution in [0, 0.1) is 10.1 Å². The van der Waals surface area contributed by atoms with Crippen LogP contribution in [0.5, 0.6) is 0 Å². The molecule has 84 valence electrons. The van der Waals surface area contributed by atoms with Gasteiger partial charge in [0.2, 0.25) is 0 Å². The van der Waals surface area contributed by atoms with Crippen molar-refractivity contribution in [2.24, 2.45) is 5.73 Å². The van der Waals surface area contributed by atoms with Crippen LogP contribution in [0.1, 0.15) is 5.56 Å². The lowest BCUT2D eigenvalue weighted by Gasteiger charge is -1.95. The van der Waals surface area contributed by atoms with Gasteiger partial charge in [0.15, 0.2) is 0 Å². The Kier molecular flexibility index (Phi) is 3.96. The van der Waals surface area contributed by atoms with Gasteiger partial charge in [0.1, 0.15) is 12.8 Å². The number of primary amides is 1. The standard InChI is InChI=1S/C9H9N3O4/c10-9(13)16-3-1-2-7-4-8(12(14)15)6-11-5-7/h1-2,4-6H,3H2,(H2,10,13)/b2-1+. The van der Waals surface area contributed by atoms with Gasteiger partial charge in [-0.1, -0.05) is 6.08 Å². The Balaban J connectivity index is 2.63. The minimum Gasteiger partial charge on any atom is -0.445 e. The molecule has 7 heteroatoms. The van der Waals surface area contributed by atoms with E-state index in [0.29, 0.717) is 5.56 Å². The highest BCUT2D eigenvalue weighted by Gasteiger charge is 2.04. The van der Waals surface area contributed by atoms with Gasteiger partial charge in [-0.2, -0.15) is 0 Å². The van der Waals surface area contributed by atoms with Gasteiger partial charge in [-0.25, -0.2) is 4.79 Å². The van der Waals surface area contributed by atoms with Gasteiger partial charge in [-0.05, 0) is 11.6 Å². The molecule has 1 amide bonds. The zero-order valence-corrected chi connectivity index (χ0v) is 8.20. The van der Waals surface area contributed by atoms with E-state index in [2.05, 4.69) is 9.72 Å². The molecule has 0 aromatic carbocycles. The van der Waals surface area contributed by atoms with E-state index in [4.69, 9.17) is 5.73 Å². The third-order valence-corrected chi connectivity index (χ3v) is 1.59. The Morgan fingerprint density at radius 3 is 3.00 bits per heavy atom. The van der Waals surface area contributed by atoms with Crippen molar-refractivity contribution in [3.05, 3.63) is 40.2 Å². The predicted octanol–water partition coefficient (Wildman–Crippen LogP) is 1.10. The van der Waals surface area contributed by atoms with Gasteiger partial charge >= 0.3 is 6.09 Å². The van der Waals surface area contributed by atoms with Gasteiger partial charge in [0, 0.05) is 12.3 Å². The number of hydrogen-bond acceptors (Lipinski definition) is 5. The molecular weight excluding hydrogens is 214 g/mol. The summed E-state index contributed by atoms with van der Waals surface area (Å²) in [7, 11) is 0. The Morgan fingerprint density at radius 2 is 2.38 bits per heavy atom. The first kappa shape index (κ1) is 11.6. The van der Waals surface area contributed by atoms with E-state index >= 15 is 0 Å². The first-order chi connectivity index (χ1) is 7.59. The van der Waals surface area contributed by atoms with Crippen molar-refractivity contribution in [3.63, 3.8) is 0 Å². The SMILES string of the molecule is NC(=O)OC/C=C/c1cncc([N+](=O)[O-])c1. The molecule has 16 heavy (non-hydrogen) atoms. The number of ether oxygens (including phenoxy) is 1. The average molecular weight is 223 g/mol. The second-order valence-corrected chi connectivity index (χ2v) is 2.77. The van der Waals surface area contributed by atoms with Gasteiger partial charge in [0.05, 0.1) is 4.92 Å². The molecule has 1 rings (SSSR count). The molecule has 0 atom stereocenters. The second-order valence-electron chi connectivity index (χ2n) is 2.77. The molecule has 1 aromatic rings. The lowest BCUT2D eigenvalue weighted by Crippen LogP contribution is -2.12. The number of nitrogens with zero attached hydrogens (tertiary/aromatic N) is 2. The number of carbonyl (C=O) groups is 1. The van der Waals surface area contributed by atoms with Crippen LogP contribution in [-0.4, -0.2) is 22.6 Å². The summed E-state index contributed by atoms with van der Waals surface area (Å²) in [6.07, 6.45) is 4.78. The maximum atomic E-state index is 10.4. The van der Waals surface area contributed by atoms with Gasteiger partial charge in [-0.3, -0.25) is 15.1 Å². The molecule has 0 saturated carbocycles. The zero-order valence-electron chi connectivity index (χ0n) is 8.20. The summed E-state index contributed by atoms with van der Waals surface area (Å²) in [6.45, 7) is 0.0119. The monoisotopic (exact) mass is 223 g/mol. The van der Waals surface area contributed by atoms with Gasteiger partial charge < -0.3 is 10.5 Å². The van der Waals surface area contributed by atoms with E-state index in [-0.39, 0.29) is 12.3 Å². The van der Waals surface area contributed by atoms with Crippen LogP contribution in [0.15, 0.2) is 24.5 Å². The van der Waals surface area contributed by atoms with Crippen molar-refractivity contribution in [1.82, 2.24) is 4.98 Å². The third-order valence-electron chi connectivity index (χ3n) is 1.59. The maximum Gasteiger partial charge on any atom is 0.404 e. The van der Waals surface area contributed by atoms with E-state index in [1.165, 1.54) is 18.3 Å². The second kappa shape index (κ2) is 5.44. The molecule has 0 aliphatic heterocycles. The topological polar surface area (TPSA) is 108 Å².